The molecule has 0 saturated heterocycles. The number of rotatable bonds is 4. The van der Waals surface area contributed by atoms with Crippen LogP contribution in [0, 0.1) is 0 Å². The van der Waals surface area contributed by atoms with Crippen molar-refractivity contribution in [2.75, 3.05) is 7.11 Å². The molecule has 5 aromatic rings. The zero-order valence-electron chi connectivity index (χ0n) is 16.9. The van der Waals surface area contributed by atoms with Gasteiger partial charge in [-0.3, -0.25) is 4.79 Å². The van der Waals surface area contributed by atoms with Crippen molar-refractivity contribution >= 4 is 43.8 Å². The first kappa shape index (κ1) is 19.5. The molecule has 0 aliphatic heterocycles. The van der Waals surface area contributed by atoms with Crippen molar-refractivity contribution in [3.63, 3.8) is 0 Å². The number of carbonyl (C=O) groups excluding carboxylic acids is 1. The summed E-state index contributed by atoms with van der Waals surface area (Å²) in [6.07, 6.45) is 0.905. The van der Waals surface area contributed by atoms with Crippen molar-refractivity contribution in [3.8, 4) is 28.0 Å². The second-order valence-electron chi connectivity index (χ2n) is 7.37. The quantitative estimate of drug-likeness (QED) is 0.251. The van der Waals surface area contributed by atoms with Gasteiger partial charge in [0.1, 0.15) is 5.75 Å². The van der Waals surface area contributed by atoms with Gasteiger partial charge in [-0.2, -0.15) is 0 Å². The minimum atomic E-state index is 0.543. The monoisotopic (exact) mass is 466 g/mol. The third kappa shape index (κ3) is 3.13. The fraction of sp³-hybridized carbons (Fsp3) is 0.0357. The normalized spacial score (nSPS) is 11.0. The number of methoxy groups -OCH3 is 1. The molecular formula is C28H19BrO2. The molecule has 0 fully saturated rings. The lowest BCUT2D eigenvalue weighted by molar-refractivity contribution is 0.112. The minimum Gasteiger partial charge on any atom is -0.495 e. The van der Waals surface area contributed by atoms with E-state index in [0.29, 0.717) is 11.3 Å². The number of benzene rings is 5. The molecule has 0 atom stereocenters. The van der Waals surface area contributed by atoms with Crippen molar-refractivity contribution < 1.29 is 9.53 Å². The highest BCUT2D eigenvalue weighted by molar-refractivity contribution is 9.10. The van der Waals surface area contributed by atoms with Crippen molar-refractivity contribution in [2.24, 2.45) is 0 Å². The molecule has 0 aliphatic rings. The van der Waals surface area contributed by atoms with Crippen LogP contribution in [0.15, 0.2) is 95.5 Å². The zero-order chi connectivity index (χ0) is 21.4. The molecule has 0 spiro atoms. The zero-order valence-corrected chi connectivity index (χ0v) is 18.5. The van der Waals surface area contributed by atoms with Gasteiger partial charge < -0.3 is 4.74 Å². The Hall–Kier alpha value is -3.43. The summed E-state index contributed by atoms with van der Waals surface area (Å²) in [5.74, 6) is 0.552. The number of halogens is 1. The summed E-state index contributed by atoms with van der Waals surface area (Å²) >= 11 is 3.67. The molecule has 0 aliphatic carbocycles. The Morgan fingerprint density at radius 1 is 0.710 bits per heavy atom. The van der Waals surface area contributed by atoms with Crippen molar-refractivity contribution in [2.45, 2.75) is 0 Å². The standard InChI is InChI=1S/C28H19BrO2/c1-31-28-24(17-30)26(22-13-7-8-14-23(22)27(28)29)25-20-12-6-5-11-19(20)15-16-21(25)18-9-3-2-4-10-18/h2-17H,1H3. The summed E-state index contributed by atoms with van der Waals surface area (Å²) < 4.78 is 6.51. The molecule has 2 nitrogen and oxygen atoms in total. The summed E-state index contributed by atoms with van der Waals surface area (Å²) in [6.45, 7) is 0. The predicted octanol–water partition coefficient (Wildman–Crippen LogP) is 7.91. The Morgan fingerprint density at radius 2 is 1.35 bits per heavy atom. The number of hydrogen-bond acceptors (Lipinski definition) is 2. The highest BCUT2D eigenvalue weighted by atomic mass is 79.9. The molecule has 0 amide bonds. The maximum absolute atomic E-state index is 12.5. The smallest absolute Gasteiger partial charge is 0.154 e. The highest BCUT2D eigenvalue weighted by Crippen LogP contribution is 2.48. The van der Waals surface area contributed by atoms with Gasteiger partial charge in [0.25, 0.3) is 0 Å². The fourth-order valence-electron chi connectivity index (χ4n) is 4.37. The molecule has 0 unspecified atom stereocenters. The minimum absolute atomic E-state index is 0.543. The van der Waals surface area contributed by atoms with Gasteiger partial charge in [-0.05, 0) is 48.8 Å². The third-order valence-corrected chi connectivity index (χ3v) is 6.52. The van der Waals surface area contributed by atoms with Crippen LogP contribution in [-0.4, -0.2) is 13.4 Å². The van der Waals surface area contributed by atoms with Gasteiger partial charge in [-0.1, -0.05) is 91.0 Å². The van der Waals surface area contributed by atoms with Gasteiger partial charge in [0.15, 0.2) is 6.29 Å². The van der Waals surface area contributed by atoms with Crippen LogP contribution in [-0.2, 0) is 0 Å². The lowest BCUT2D eigenvalue weighted by atomic mass is 9.85. The lowest BCUT2D eigenvalue weighted by Gasteiger charge is -2.20. The number of fused-ring (bicyclic) bond motifs is 2. The predicted molar refractivity (Wildman–Crippen MR) is 132 cm³/mol. The van der Waals surface area contributed by atoms with Gasteiger partial charge in [-0.25, -0.2) is 0 Å². The Labute approximate surface area is 189 Å². The number of hydrogen-bond donors (Lipinski definition) is 0. The van der Waals surface area contributed by atoms with Crippen LogP contribution in [0.2, 0.25) is 0 Å². The first-order chi connectivity index (χ1) is 15.2. The number of aldehydes is 1. The van der Waals surface area contributed by atoms with E-state index < -0.39 is 0 Å². The summed E-state index contributed by atoms with van der Waals surface area (Å²) in [7, 11) is 1.60. The molecule has 3 heteroatoms. The molecular weight excluding hydrogens is 448 g/mol. The van der Waals surface area contributed by atoms with E-state index in [2.05, 4.69) is 58.4 Å². The van der Waals surface area contributed by atoms with Crippen molar-refractivity contribution in [1.82, 2.24) is 0 Å². The van der Waals surface area contributed by atoms with Gasteiger partial charge in [0.2, 0.25) is 0 Å². The van der Waals surface area contributed by atoms with Crippen LogP contribution in [0.25, 0.3) is 43.8 Å². The highest BCUT2D eigenvalue weighted by Gasteiger charge is 2.23. The Morgan fingerprint density at radius 3 is 2.06 bits per heavy atom. The average molecular weight is 467 g/mol. The first-order valence-corrected chi connectivity index (χ1v) is 10.8. The Balaban J connectivity index is 2.04. The molecule has 0 saturated carbocycles. The van der Waals surface area contributed by atoms with Gasteiger partial charge in [0.05, 0.1) is 17.1 Å². The van der Waals surface area contributed by atoms with E-state index in [-0.39, 0.29) is 0 Å². The van der Waals surface area contributed by atoms with E-state index >= 15 is 0 Å². The Bertz CT molecular complexity index is 1440. The summed E-state index contributed by atoms with van der Waals surface area (Å²) in [4.78, 5) is 12.5. The maximum atomic E-state index is 12.5. The van der Waals surface area contributed by atoms with Crippen molar-refractivity contribution in [1.29, 1.82) is 0 Å². The van der Waals surface area contributed by atoms with Gasteiger partial charge in [0, 0.05) is 10.9 Å². The van der Waals surface area contributed by atoms with Crippen LogP contribution >= 0.6 is 15.9 Å². The molecule has 5 rings (SSSR count). The second-order valence-corrected chi connectivity index (χ2v) is 8.17. The van der Waals surface area contributed by atoms with Crippen LogP contribution in [0.1, 0.15) is 10.4 Å². The topological polar surface area (TPSA) is 26.3 Å². The van der Waals surface area contributed by atoms with Crippen LogP contribution in [0.4, 0.5) is 0 Å². The lowest BCUT2D eigenvalue weighted by Crippen LogP contribution is -1.99. The van der Waals surface area contributed by atoms with E-state index in [0.717, 1.165) is 54.6 Å². The van der Waals surface area contributed by atoms with Crippen molar-refractivity contribution in [3.05, 3.63) is 101 Å². The fourth-order valence-corrected chi connectivity index (χ4v) is 5.09. The van der Waals surface area contributed by atoms with Gasteiger partial charge in [-0.15, -0.1) is 0 Å². The maximum Gasteiger partial charge on any atom is 0.154 e. The molecule has 0 N–H and O–H groups in total. The molecule has 0 bridgehead atoms. The van der Waals surface area contributed by atoms with E-state index in [4.69, 9.17) is 4.74 Å². The molecule has 0 aromatic heterocycles. The third-order valence-electron chi connectivity index (χ3n) is 5.73. The Kier molecular flexibility index (Phi) is 5.05. The van der Waals surface area contributed by atoms with Gasteiger partial charge >= 0.3 is 0 Å². The molecule has 5 aromatic carbocycles. The largest absolute Gasteiger partial charge is 0.495 e. The molecule has 31 heavy (non-hydrogen) atoms. The van der Waals surface area contributed by atoms with E-state index in [9.17, 15) is 4.79 Å². The summed E-state index contributed by atoms with van der Waals surface area (Å²) in [5, 5.41) is 4.24. The van der Waals surface area contributed by atoms with Crippen LogP contribution in [0.3, 0.4) is 0 Å². The number of ether oxygens (including phenoxy) is 1. The van der Waals surface area contributed by atoms with Crippen LogP contribution in [0.5, 0.6) is 5.75 Å². The number of carbonyl (C=O) groups is 1. The van der Waals surface area contributed by atoms with E-state index in [1.165, 1.54) is 0 Å². The SMILES string of the molecule is COc1c(C=O)c(-c2c(-c3ccccc3)ccc3ccccc23)c2ccccc2c1Br. The molecule has 0 radical (unpaired) electrons. The second kappa shape index (κ2) is 8.01. The summed E-state index contributed by atoms with van der Waals surface area (Å²) in [6, 6.07) is 31.0. The first-order valence-electron chi connectivity index (χ1n) is 10.1. The van der Waals surface area contributed by atoms with E-state index in [1.807, 2.05) is 48.5 Å². The van der Waals surface area contributed by atoms with E-state index in [1.54, 1.807) is 7.11 Å². The summed E-state index contributed by atoms with van der Waals surface area (Å²) in [5.41, 5.74) is 4.65. The van der Waals surface area contributed by atoms with Crippen LogP contribution < -0.4 is 4.74 Å². The molecule has 0 heterocycles. The average Bonchev–Trinajstić information content (AvgIpc) is 2.84. The molecule has 150 valence electrons.